The lowest BCUT2D eigenvalue weighted by Crippen LogP contribution is -2.29. The van der Waals surface area contributed by atoms with Crippen molar-refractivity contribution in [2.24, 2.45) is 0 Å². The molecule has 0 unspecified atom stereocenters. The highest BCUT2D eigenvalue weighted by atomic mass is 15.2. The molecule has 1 aliphatic carbocycles. The zero-order valence-corrected chi connectivity index (χ0v) is 22.8. The van der Waals surface area contributed by atoms with Crippen LogP contribution in [0.15, 0.2) is 127 Å². The van der Waals surface area contributed by atoms with Gasteiger partial charge >= 0.3 is 0 Å². The average Bonchev–Trinajstić information content (AvgIpc) is 3.04. The van der Waals surface area contributed by atoms with Crippen molar-refractivity contribution in [1.29, 1.82) is 5.26 Å². The molecule has 0 bridgehead atoms. The number of hydrogen-bond acceptors (Lipinski definition) is 3. The van der Waals surface area contributed by atoms with E-state index in [-0.39, 0.29) is 0 Å². The molecule has 8 rings (SSSR count). The molecule has 6 aromatic carbocycles. The molecule has 0 aromatic heterocycles. The van der Waals surface area contributed by atoms with Gasteiger partial charge in [0, 0.05) is 34.4 Å². The molecule has 1 heterocycles. The fraction of sp³-hybridized carbons (Fsp3) is 0.132. The molecule has 0 fully saturated rings. The Labute approximate surface area is 240 Å². The first kappa shape index (κ1) is 23.8. The Kier molecular flexibility index (Phi) is 5.53. The molecule has 0 saturated carbocycles. The molecule has 0 radical (unpaired) electrons. The van der Waals surface area contributed by atoms with Crippen molar-refractivity contribution >= 4 is 55.1 Å². The summed E-state index contributed by atoms with van der Waals surface area (Å²) < 4.78 is 0. The van der Waals surface area contributed by atoms with Crippen molar-refractivity contribution in [3.05, 3.63) is 132 Å². The third-order valence-electron chi connectivity index (χ3n) is 8.82. The predicted molar refractivity (Wildman–Crippen MR) is 172 cm³/mol. The van der Waals surface area contributed by atoms with Crippen molar-refractivity contribution in [1.82, 2.24) is 0 Å². The van der Waals surface area contributed by atoms with Gasteiger partial charge < -0.3 is 9.80 Å². The maximum atomic E-state index is 10.0. The first-order valence-electron chi connectivity index (χ1n) is 14.5. The molecule has 0 amide bonds. The number of para-hydroxylation sites is 2. The monoisotopic (exact) mass is 527 g/mol. The minimum absolute atomic E-state index is 0.653. The van der Waals surface area contributed by atoms with Crippen molar-refractivity contribution in [3.8, 4) is 6.07 Å². The van der Waals surface area contributed by atoms with Crippen molar-refractivity contribution in [2.45, 2.75) is 25.7 Å². The lowest BCUT2D eigenvalue weighted by molar-refractivity contribution is 0.693. The van der Waals surface area contributed by atoms with Gasteiger partial charge in [-0.3, -0.25) is 0 Å². The van der Waals surface area contributed by atoms with Crippen LogP contribution in [0.25, 0.3) is 32.3 Å². The highest BCUT2D eigenvalue weighted by Crippen LogP contribution is 2.47. The summed E-state index contributed by atoms with van der Waals surface area (Å²) in [6.45, 7) is 1.06. The summed E-state index contributed by atoms with van der Waals surface area (Å²) in [6.07, 6.45) is 9.27. The molecule has 41 heavy (non-hydrogen) atoms. The summed E-state index contributed by atoms with van der Waals surface area (Å²) in [5.74, 6) is 0. The lowest BCUT2D eigenvalue weighted by atomic mass is 9.90. The zero-order valence-electron chi connectivity index (χ0n) is 22.8. The Bertz CT molecular complexity index is 2040. The summed E-state index contributed by atoms with van der Waals surface area (Å²) in [5, 5.41) is 17.6. The second-order valence-electron chi connectivity index (χ2n) is 11.1. The van der Waals surface area contributed by atoms with E-state index in [4.69, 9.17) is 0 Å². The van der Waals surface area contributed by atoms with Crippen LogP contribution in [-0.4, -0.2) is 6.54 Å². The van der Waals surface area contributed by atoms with Gasteiger partial charge in [0.05, 0.1) is 16.9 Å². The number of nitriles is 1. The number of anilines is 4. The lowest BCUT2D eigenvalue weighted by Gasteiger charge is -2.36. The molecular weight excluding hydrogens is 498 g/mol. The van der Waals surface area contributed by atoms with Crippen LogP contribution in [0.5, 0.6) is 0 Å². The van der Waals surface area contributed by atoms with Gasteiger partial charge in [0.15, 0.2) is 0 Å². The average molecular weight is 528 g/mol. The van der Waals surface area contributed by atoms with Gasteiger partial charge in [0.25, 0.3) is 0 Å². The Balaban J connectivity index is 1.40. The molecule has 196 valence electrons. The second kappa shape index (κ2) is 9.54. The Morgan fingerprint density at radius 1 is 0.683 bits per heavy atom. The van der Waals surface area contributed by atoms with E-state index in [2.05, 4.69) is 101 Å². The molecule has 6 aromatic rings. The van der Waals surface area contributed by atoms with Crippen LogP contribution in [0.1, 0.15) is 31.2 Å². The number of allylic oxidation sites excluding steroid dienone is 4. The Hall–Kier alpha value is -5.07. The Morgan fingerprint density at radius 2 is 1.41 bits per heavy atom. The molecule has 0 spiro atoms. The predicted octanol–water partition coefficient (Wildman–Crippen LogP) is 10.1. The summed E-state index contributed by atoms with van der Waals surface area (Å²) in [6, 6.07) is 38.9. The summed E-state index contributed by atoms with van der Waals surface area (Å²) >= 11 is 0. The topological polar surface area (TPSA) is 30.3 Å². The van der Waals surface area contributed by atoms with E-state index in [1.54, 1.807) is 0 Å². The van der Waals surface area contributed by atoms with Crippen LogP contribution >= 0.6 is 0 Å². The van der Waals surface area contributed by atoms with Gasteiger partial charge in [-0.15, -0.1) is 0 Å². The SMILES string of the molecule is N#Cc1ccccc1N(c1ccccc1)c1ccc2ccc3c(N4CCCC5=C4CCC=C5)ccc4ccc1c2c43. The minimum atomic E-state index is 0.653. The van der Waals surface area contributed by atoms with E-state index >= 15 is 0 Å². The van der Waals surface area contributed by atoms with Crippen molar-refractivity contribution in [2.75, 3.05) is 16.3 Å². The van der Waals surface area contributed by atoms with Crippen LogP contribution in [0.2, 0.25) is 0 Å². The van der Waals surface area contributed by atoms with E-state index in [1.165, 1.54) is 62.1 Å². The minimum Gasteiger partial charge on any atom is -0.344 e. The second-order valence-corrected chi connectivity index (χ2v) is 11.1. The highest BCUT2D eigenvalue weighted by molar-refractivity contribution is 6.27. The first-order valence-corrected chi connectivity index (χ1v) is 14.5. The molecule has 1 aliphatic heterocycles. The van der Waals surface area contributed by atoms with Crippen LogP contribution in [-0.2, 0) is 0 Å². The van der Waals surface area contributed by atoms with Gasteiger partial charge in [0.1, 0.15) is 6.07 Å². The van der Waals surface area contributed by atoms with Crippen molar-refractivity contribution in [3.63, 3.8) is 0 Å². The van der Waals surface area contributed by atoms with E-state index in [1.807, 2.05) is 30.3 Å². The van der Waals surface area contributed by atoms with E-state index in [0.29, 0.717) is 5.56 Å². The molecule has 0 N–H and O–H groups in total. The van der Waals surface area contributed by atoms with Gasteiger partial charge in [0.2, 0.25) is 0 Å². The Morgan fingerprint density at radius 3 is 2.27 bits per heavy atom. The molecular formula is C38H29N3. The van der Waals surface area contributed by atoms with E-state index in [0.717, 1.165) is 36.4 Å². The van der Waals surface area contributed by atoms with E-state index in [9.17, 15) is 5.26 Å². The van der Waals surface area contributed by atoms with Gasteiger partial charge in [-0.05, 0) is 89.2 Å². The molecule has 3 nitrogen and oxygen atoms in total. The standard InChI is InChI=1S/C38H29N3/c39-25-29-10-5-7-15-34(29)41(30-12-2-1-3-13-30)36-23-19-28-16-20-31-35(22-18-27-17-21-32(36)38(28)37(27)31)40-24-8-11-26-9-4-6-14-33(26)40/h1-5,7,9-10,12-13,15-23H,6,8,11,14,24H2. The largest absolute Gasteiger partial charge is 0.344 e. The maximum Gasteiger partial charge on any atom is 0.101 e. The normalized spacial score (nSPS) is 15.0. The smallest absolute Gasteiger partial charge is 0.101 e. The van der Waals surface area contributed by atoms with Crippen LogP contribution in [0, 0.1) is 11.3 Å². The maximum absolute atomic E-state index is 10.0. The summed E-state index contributed by atoms with van der Waals surface area (Å²) in [4.78, 5) is 4.83. The van der Waals surface area contributed by atoms with Gasteiger partial charge in [-0.1, -0.05) is 78.9 Å². The third-order valence-corrected chi connectivity index (χ3v) is 8.82. The number of benzene rings is 6. The first-order chi connectivity index (χ1) is 20.3. The number of hydrogen-bond donors (Lipinski definition) is 0. The van der Waals surface area contributed by atoms with Crippen LogP contribution in [0.3, 0.4) is 0 Å². The fourth-order valence-corrected chi connectivity index (χ4v) is 7.02. The van der Waals surface area contributed by atoms with Crippen molar-refractivity contribution < 1.29 is 0 Å². The summed E-state index contributed by atoms with van der Waals surface area (Å²) in [5.41, 5.74) is 7.96. The number of rotatable bonds is 4. The zero-order chi connectivity index (χ0) is 27.3. The van der Waals surface area contributed by atoms with Crippen LogP contribution < -0.4 is 9.80 Å². The van der Waals surface area contributed by atoms with Crippen LogP contribution in [0.4, 0.5) is 22.7 Å². The molecule has 3 heteroatoms. The fourth-order valence-electron chi connectivity index (χ4n) is 7.02. The highest BCUT2D eigenvalue weighted by Gasteiger charge is 2.25. The van der Waals surface area contributed by atoms with Gasteiger partial charge in [-0.25, -0.2) is 0 Å². The van der Waals surface area contributed by atoms with E-state index < -0.39 is 0 Å². The molecule has 0 atom stereocenters. The molecule has 2 aliphatic rings. The molecule has 0 saturated heterocycles. The van der Waals surface area contributed by atoms with Gasteiger partial charge in [-0.2, -0.15) is 5.26 Å². The quantitative estimate of drug-likeness (QED) is 0.214. The number of nitrogens with zero attached hydrogens (tertiary/aromatic N) is 3. The third kappa shape index (κ3) is 3.72. The summed E-state index contributed by atoms with van der Waals surface area (Å²) in [7, 11) is 0.